The van der Waals surface area contributed by atoms with Gasteiger partial charge in [0.05, 0.1) is 32.8 Å². The van der Waals surface area contributed by atoms with Crippen LogP contribution in [-0.4, -0.2) is 54.1 Å². The van der Waals surface area contributed by atoms with E-state index in [4.69, 9.17) is 4.74 Å². The number of hydrogen-bond acceptors (Lipinski definition) is 7. The fraction of sp³-hybridized carbons (Fsp3) is 0.310. The molecule has 0 saturated carbocycles. The van der Waals surface area contributed by atoms with Gasteiger partial charge in [0.2, 0.25) is 10.0 Å². The molecule has 39 heavy (non-hydrogen) atoms. The maximum Gasteiger partial charge on any atom is 0.407 e. The van der Waals surface area contributed by atoms with E-state index < -0.39 is 28.3 Å². The normalized spacial score (nSPS) is 13.5. The summed E-state index contributed by atoms with van der Waals surface area (Å²) in [5.41, 5.74) is 4.13. The number of carbonyl (C=O) groups is 1. The minimum Gasteiger partial charge on any atom is -0.445 e. The van der Waals surface area contributed by atoms with Gasteiger partial charge in [-0.3, -0.25) is 0 Å². The molecule has 1 unspecified atom stereocenters. The number of nitrogens with zero attached hydrogens (tertiary/aromatic N) is 2. The van der Waals surface area contributed by atoms with Crippen LogP contribution in [0, 0.1) is 5.92 Å². The molecule has 10 heteroatoms. The molecule has 1 aromatic heterocycles. The van der Waals surface area contributed by atoms with Crippen molar-refractivity contribution >= 4 is 37.7 Å². The lowest BCUT2D eigenvalue weighted by Crippen LogP contribution is -2.51. The highest BCUT2D eigenvalue weighted by Gasteiger charge is 2.32. The van der Waals surface area contributed by atoms with Crippen molar-refractivity contribution in [3.8, 4) is 0 Å². The molecule has 0 aliphatic rings. The van der Waals surface area contributed by atoms with Crippen molar-refractivity contribution in [3.63, 3.8) is 0 Å². The van der Waals surface area contributed by atoms with Crippen molar-refractivity contribution in [1.82, 2.24) is 14.6 Å². The van der Waals surface area contributed by atoms with E-state index in [2.05, 4.69) is 10.3 Å². The molecule has 0 aliphatic heterocycles. The zero-order chi connectivity index (χ0) is 27.8. The predicted molar refractivity (Wildman–Crippen MR) is 153 cm³/mol. The first-order chi connectivity index (χ1) is 18.7. The minimum atomic E-state index is -3.93. The second kappa shape index (κ2) is 13.2. The lowest BCUT2D eigenvalue weighted by molar-refractivity contribution is 0.0873. The number of sulfonamides is 1. The molecule has 2 atom stereocenters. The molecule has 0 radical (unpaired) electrons. The maximum absolute atomic E-state index is 13.7. The van der Waals surface area contributed by atoms with Gasteiger partial charge in [-0.05, 0) is 41.7 Å². The molecule has 3 aromatic carbocycles. The molecule has 0 bridgehead atoms. The number of hydrogen-bond donors (Lipinski definition) is 2. The van der Waals surface area contributed by atoms with Gasteiger partial charge in [0, 0.05) is 13.1 Å². The third-order valence-electron chi connectivity index (χ3n) is 6.18. The number of benzene rings is 3. The number of amides is 1. The summed E-state index contributed by atoms with van der Waals surface area (Å²) in [5, 5.41) is 14.1. The van der Waals surface area contributed by atoms with E-state index in [-0.39, 0.29) is 30.5 Å². The highest BCUT2D eigenvalue weighted by molar-refractivity contribution is 7.89. The summed E-state index contributed by atoms with van der Waals surface area (Å²) in [6, 6.07) is 22.8. The number of carbonyl (C=O) groups excluding carboxylic acids is 1. The van der Waals surface area contributed by atoms with Gasteiger partial charge in [-0.25, -0.2) is 18.2 Å². The van der Waals surface area contributed by atoms with E-state index >= 15 is 0 Å². The SMILES string of the molecule is CC(C)CN(CC(O)[C@H](Cc1ccccc1)NC(=O)OCc1ccccc1)S(=O)(=O)c1ccc2ncsc2c1. The fourth-order valence-corrected chi connectivity index (χ4v) is 6.67. The van der Waals surface area contributed by atoms with Crippen molar-refractivity contribution in [1.29, 1.82) is 0 Å². The molecule has 2 N–H and O–H groups in total. The topological polar surface area (TPSA) is 109 Å². The largest absolute Gasteiger partial charge is 0.445 e. The Kier molecular flexibility index (Phi) is 9.68. The Labute approximate surface area is 233 Å². The summed E-state index contributed by atoms with van der Waals surface area (Å²) in [4.78, 5) is 17.1. The van der Waals surface area contributed by atoms with Crippen LogP contribution in [0.5, 0.6) is 0 Å². The summed E-state index contributed by atoms with van der Waals surface area (Å²) in [6.07, 6.45) is -1.59. The summed E-state index contributed by atoms with van der Waals surface area (Å²) in [5.74, 6) is 0.00970. The number of ether oxygens (including phenoxy) is 1. The second-order valence-corrected chi connectivity index (χ2v) is 12.6. The van der Waals surface area contributed by atoms with E-state index in [9.17, 15) is 18.3 Å². The monoisotopic (exact) mass is 567 g/mol. The number of aliphatic hydroxyl groups excluding tert-OH is 1. The third kappa shape index (κ3) is 7.86. The van der Waals surface area contributed by atoms with E-state index in [1.807, 2.05) is 74.5 Å². The van der Waals surface area contributed by atoms with Crippen molar-refractivity contribution in [2.45, 2.75) is 43.9 Å². The summed E-state index contributed by atoms with van der Waals surface area (Å²) >= 11 is 1.37. The van der Waals surface area contributed by atoms with E-state index in [0.717, 1.165) is 21.3 Å². The standard InChI is InChI=1S/C29H33N3O5S2/c1-21(2)17-32(39(35,36)24-13-14-25-28(16-24)38-20-30-25)18-27(33)26(15-22-9-5-3-6-10-22)31-29(34)37-19-23-11-7-4-8-12-23/h3-14,16,20-21,26-27,33H,15,17-19H2,1-2H3,(H,31,34)/t26-,27?/m0/s1. The van der Waals surface area contributed by atoms with Crippen LogP contribution in [0.15, 0.2) is 89.3 Å². The number of aromatic nitrogens is 1. The molecular formula is C29H33N3O5S2. The Bertz CT molecular complexity index is 1460. The first kappa shape index (κ1) is 28.7. The number of thiazole rings is 1. The zero-order valence-electron chi connectivity index (χ0n) is 21.9. The molecule has 206 valence electrons. The number of rotatable bonds is 12. The van der Waals surface area contributed by atoms with Crippen LogP contribution < -0.4 is 5.32 Å². The molecule has 4 aromatic rings. The highest BCUT2D eigenvalue weighted by atomic mass is 32.2. The molecule has 0 fully saturated rings. The van der Waals surface area contributed by atoms with Crippen molar-refractivity contribution in [2.24, 2.45) is 5.92 Å². The minimum absolute atomic E-state index is 0.00970. The molecule has 0 saturated heterocycles. The smallest absolute Gasteiger partial charge is 0.407 e. The summed E-state index contributed by atoms with van der Waals surface area (Å²) in [7, 11) is -3.93. The lowest BCUT2D eigenvalue weighted by atomic mass is 10.0. The van der Waals surface area contributed by atoms with Crippen LogP contribution in [0.1, 0.15) is 25.0 Å². The molecular weight excluding hydrogens is 534 g/mol. The van der Waals surface area contributed by atoms with E-state index in [1.165, 1.54) is 21.7 Å². The Morgan fingerprint density at radius 1 is 1.00 bits per heavy atom. The van der Waals surface area contributed by atoms with Gasteiger partial charge in [-0.15, -0.1) is 11.3 Å². The van der Waals surface area contributed by atoms with Crippen LogP contribution in [0.2, 0.25) is 0 Å². The molecule has 8 nitrogen and oxygen atoms in total. The average molecular weight is 568 g/mol. The second-order valence-electron chi connectivity index (χ2n) is 9.77. The number of nitrogens with one attached hydrogen (secondary N) is 1. The van der Waals surface area contributed by atoms with Crippen LogP contribution in [0.25, 0.3) is 10.2 Å². The van der Waals surface area contributed by atoms with E-state index in [0.29, 0.717) is 6.42 Å². The molecule has 4 rings (SSSR count). The number of fused-ring (bicyclic) bond motifs is 1. The molecule has 1 heterocycles. The van der Waals surface area contributed by atoms with Crippen molar-refractivity contribution in [2.75, 3.05) is 13.1 Å². The Hall–Kier alpha value is -3.31. The van der Waals surface area contributed by atoms with Crippen LogP contribution in [0.4, 0.5) is 4.79 Å². The molecule has 0 spiro atoms. The molecule has 0 aliphatic carbocycles. The third-order valence-corrected chi connectivity index (χ3v) is 8.80. The van der Waals surface area contributed by atoms with Crippen LogP contribution in [0.3, 0.4) is 0 Å². The van der Waals surface area contributed by atoms with Crippen molar-refractivity contribution < 1.29 is 23.1 Å². The van der Waals surface area contributed by atoms with E-state index in [1.54, 1.807) is 17.6 Å². The van der Waals surface area contributed by atoms with Gasteiger partial charge in [-0.2, -0.15) is 4.31 Å². The highest BCUT2D eigenvalue weighted by Crippen LogP contribution is 2.25. The van der Waals surface area contributed by atoms with Gasteiger partial charge < -0.3 is 15.2 Å². The van der Waals surface area contributed by atoms with Crippen LogP contribution >= 0.6 is 11.3 Å². The maximum atomic E-state index is 13.7. The first-order valence-electron chi connectivity index (χ1n) is 12.7. The zero-order valence-corrected chi connectivity index (χ0v) is 23.6. The molecule has 1 amide bonds. The Morgan fingerprint density at radius 3 is 2.33 bits per heavy atom. The fourth-order valence-electron chi connectivity index (χ4n) is 4.23. The summed E-state index contributed by atoms with van der Waals surface area (Å²) < 4.78 is 34.9. The van der Waals surface area contributed by atoms with Crippen molar-refractivity contribution in [3.05, 3.63) is 95.5 Å². The Balaban J connectivity index is 1.54. The average Bonchev–Trinajstić information content (AvgIpc) is 3.40. The van der Waals surface area contributed by atoms with Gasteiger partial charge in [0.25, 0.3) is 0 Å². The van der Waals surface area contributed by atoms with Gasteiger partial charge in [-0.1, -0.05) is 74.5 Å². The number of aliphatic hydroxyl groups is 1. The Morgan fingerprint density at radius 2 is 1.67 bits per heavy atom. The van der Waals surface area contributed by atoms with Gasteiger partial charge >= 0.3 is 6.09 Å². The number of alkyl carbamates (subject to hydrolysis) is 1. The lowest BCUT2D eigenvalue weighted by Gasteiger charge is -2.30. The van der Waals surface area contributed by atoms with Gasteiger partial charge in [0.15, 0.2) is 0 Å². The van der Waals surface area contributed by atoms with Crippen LogP contribution in [-0.2, 0) is 27.8 Å². The first-order valence-corrected chi connectivity index (χ1v) is 15.1. The van der Waals surface area contributed by atoms with Gasteiger partial charge in [0.1, 0.15) is 6.61 Å². The quantitative estimate of drug-likeness (QED) is 0.254. The predicted octanol–water partition coefficient (Wildman–Crippen LogP) is 4.84. The summed E-state index contributed by atoms with van der Waals surface area (Å²) in [6.45, 7) is 3.92.